The smallest absolute Gasteiger partial charge is 0.0208 e. The molecular weight excluding hydrogens is 158 g/mol. The Kier molecular flexibility index (Phi) is 2.36. The predicted octanol–water partition coefficient (Wildman–Crippen LogP) is 2.46. The summed E-state index contributed by atoms with van der Waals surface area (Å²) in [6.07, 6.45) is 1.15. The highest BCUT2D eigenvalue weighted by Gasteiger charge is 2.15. The Morgan fingerprint density at radius 2 is 2.31 bits per heavy atom. The molecule has 0 saturated heterocycles. The van der Waals surface area contributed by atoms with Gasteiger partial charge in [-0.15, -0.1) is 0 Å². The van der Waals surface area contributed by atoms with Gasteiger partial charge in [-0.3, -0.25) is 0 Å². The first-order valence-corrected chi connectivity index (χ1v) is 5.13. The second-order valence-corrected chi connectivity index (χ2v) is 3.92. The van der Waals surface area contributed by atoms with Gasteiger partial charge in [-0.1, -0.05) is 32.0 Å². The van der Waals surface area contributed by atoms with Crippen LogP contribution in [0.3, 0.4) is 0 Å². The SMILES string of the molecule is CCc1ccc2c(c1)[C@H](C)CNC2. The molecule has 0 bridgehead atoms. The minimum Gasteiger partial charge on any atom is -0.312 e. The number of nitrogens with one attached hydrogen (secondary N) is 1. The van der Waals surface area contributed by atoms with Crippen molar-refractivity contribution in [1.29, 1.82) is 0 Å². The minimum absolute atomic E-state index is 0.676. The molecular formula is C12H17N. The van der Waals surface area contributed by atoms with Crippen molar-refractivity contribution in [3.63, 3.8) is 0 Å². The van der Waals surface area contributed by atoms with Gasteiger partial charge in [-0.05, 0) is 29.0 Å². The van der Waals surface area contributed by atoms with Crippen molar-refractivity contribution in [3.8, 4) is 0 Å². The van der Waals surface area contributed by atoms with Crippen LogP contribution in [-0.2, 0) is 13.0 Å². The van der Waals surface area contributed by atoms with E-state index in [1.807, 2.05) is 0 Å². The van der Waals surface area contributed by atoms with E-state index in [4.69, 9.17) is 0 Å². The molecule has 1 aromatic rings. The van der Waals surface area contributed by atoms with Gasteiger partial charge in [0.05, 0.1) is 0 Å². The normalized spacial score (nSPS) is 21.2. The molecule has 70 valence electrons. The summed E-state index contributed by atoms with van der Waals surface area (Å²) in [5.74, 6) is 0.676. The summed E-state index contributed by atoms with van der Waals surface area (Å²) >= 11 is 0. The van der Waals surface area contributed by atoms with E-state index < -0.39 is 0 Å². The van der Waals surface area contributed by atoms with E-state index in [-0.39, 0.29) is 0 Å². The molecule has 0 spiro atoms. The Labute approximate surface area is 80.2 Å². The maximum Gasteiger partial charge on any atom is 0.0208 e. The van der Waals surface area contributed by atoms with Crippen LogP contribution in [0.5, 0.6) is 0 Å². The van der Waals surface area contributed by atoms with E-state index in [9.17, 15) is 0 Å². The van der Waals surface area contributed by atoms with E-state index in [1.54, 1.807) is 5.56 Å². The van der Waals surface area contributed by atoms with Crippen LogP contribution >= 0.6 is 0 Å². The first kappa shape index (κ1) is 8.76. The molecule has 2 rings (SSSR count). The van der Waals surface area contributed by atoms with Crippen molar-refractivity contribution in [1.82, 2.24) is 5.32 Å². The zero-order valence-corrected chi connectivity index (χ0v) is 8.43. The van der Waals surface area contributed by atoms with E-state index in [0.29, 0.717) is 5.92 Å². The lowest BCUT2D eigenvalue weighted by atomic mass is 9.90. The van der Waals surface area contributed by atoms with Crippen LogP contribution in [0.1, 0.15) is 36.5 Å². The summed E-state index contributed by atoms with van der Waals surface area (Å²) in [7, 11) is 0. The Morgan fingerprint density at radius 3 is 3.08 bits per heavy atom. The summed E-state index contributed by atoms with van der Waals surface area (Å²) in [4.78, 5) is 0. The third-order valence-electron chi connectivity index (χ3n) is 2.92. The van der Waals surface area contributed by atoms with Crippen molar-refractivity contribution in [3.05, 3.63) is 34.9 Å². The summed E-state index contributed by atoms with van der Waals surface area (Å²) in [6.45, 7) is 6.68. The lowest BCUT2D eigenvalue weighted by molar-refractivity contribution is 0.570. The van der Waals surface area contributed by atoms with Crippen molar-refractivity contribution >= 4 is 0 Å². The van der Waals surface area contributed by atoms with Gasteiger partial charge in [0.15, 0.2) is 0 Å². The number of fused-ring (bicyclic) bond motifs is 1. The lowest BCUT2D eigenvalue weighted by Crippen LogP contribution is -2.26. The highest BCUT2D eigenvalue weighted by Crippen LogP contribution is 2.24. The van der Waals surface area contributed by atoms with Crippen LogP contribution in [0.15, 0.2) is 18.2 Å². The first-order valence-electron chi connectivity index (χ1n) is 5.13. The topological polar surface area (TPSA) is 12.0 Å². The van der Waals surface area contributed by atoms with Gasteiger partial charge in [-0.2, -0.15) is 0 Å². The van der Waals surface area contributed by atoms with Crippen molar-refractivity contribution < 1.29 is 0 Å². The van der Waals surface area contributed by atoms with Gasteiger partial charge in [0.1, 0.15) is 0 Å². The molecule has 1 nitrogen and oxygen atoms in total. The van der Waals surface area contributed by atoms with Gasteiger partial charge < -0.3 is 5.32 Å². The molecule has 1 aliphatic rings. The van der Waals surface area contributed by atoms with Crippen LogP contribution in [0, 0.1) is 0 Å². The van der Waals surface area contributed by atoms with Crippen molar-refractivity contribution in [2.45, 2.75) is 32.7 Å². The van der Waals surface area contributed by atoms with E-state index >= 15 is 0 Å². The largest absolute Gasteiger partial charge is 0.312 e. The second-order valence-electron chi connectivity index (χ2n) is 3.92. The average molecular weight is 175 g/mol. The zero-order chi connectivity index (χ0) is 9.26. The molecule has 13 heavy (non-hydrogen) atoms. The summed E-state index contributed by atoms with van der Waals surface area (Å²) < 4.78 is 0. The third kappa shape index (κ3) is 1.61. The van der Waals surface area contributed by atoms with E-state index in [2.05, 4.69) is 37.4 Å². The van der Waals surface area contributed by atoms with Gasteiger partial charge in [0.2, 0.25) is 0 Å². The molecule has 1 N–H and O–H groups in total. The molecule has 0 aliphatic carbocycles. The van der Waals surface area contributed by atoms with Gasteiger partial charge in [-0.25, -0.2) is 0 Å². The van der Waals surface area contributed by atoms with Crippen LogP contribution in [0.25, 0.3) is 0 Å². The Hall–Kier alpha value is -0.820. The maximum absolute atomic E-state index is 3.43. The molecule has 0 amide bonds. The zero-order valence-electron chi connectivity index (χ0n) is 8.43. The molecule has 0 aromatic heterocycles. The highest BCUT2D eigenvalue weighted by atomic mass is 14.9. The molecule has 0 fully saturated rings. The molecule has 1 heteroatoms. The minimum atomic E-state index is 0.676. The number of aryl methyl sites for hydroxylation is 1. The van der Waals surface area contributed by atoms with Crippen molar-refractivity contribution in [2.24, 2.45) is 0 Å². The van der Waals surface area contributed by atoms with Crippen LogP contribution in [-0.4, -0.2) is 6.54 Å². The fourth-order valence-corrected chi connectivity index (χ4v) is 2.02. The molecule has 1 heterocycles. The Balaban J connectivity index is 2.41. The second kappa shape index (κ2) is 3.51. The molecule has 1 atom stereocenters. The number of benzene rings is 1. The highest BCUT2D eigenvalue weighted by molar-refractivity contribution is 5.36. The Bertz CT molecular complexity index is 304. The van der Waals surface area contributed by atoms with Gasteiger partial charge in [0.25, 0.3) is 0 Å². The maximum atomic E-state index is 3.43. The quantitative estimate of drug-likeness (QED) is 0.691. The fourth-order valence-electron chi connectivity index (χ4n) is 2.02. The lowest BCUT2D eigenvalue weighted by Gasteiger charge is -2.23. The Morgan fingerprint density at radius 1 is 1.46 bits per heavy atom. The molecule has 1 aliphatic heterocycles. The van der Waals surface area contributed by atoms with E-state index in [1.165, 1.54) is 11.1 Å². The van der Waals surface area contributed by atoms with Gasteiger partial charge in [0, 0.05) is 13.1 Å². The first-order chi connectivity index (χ1) is 6.31. The van der Waals surface area contributed by atoms with Crippen LogP contribution in [0.4, 0.5) is 0 Å². The summed E-state index contributed by atoms with van der Waals surface area (Å²) in [6, 6.07) is 6.90. The molecule has 0 unspecified atom stereocenters. The number of hydrogen-bond donors (Lipinski definition) is 1. The fraction of sp³-hybridized carbons (Fsp3) is 0.500. The summed E-state index contributed by atoms with van der Waals surface area (Å²) in [5.41, 5.74) is 4.50. The summed E-state index contributed by atoms with van der Waals surface area (Å²) in [5, 5.41) is 3.43. The predicted molar refractivity (Wildman–Crippen MR) is 55.9 cm³/mol. The number of rotatable bonds is 1. The van der Waals surface area contributed by atoms with E-state index in [0.717, 1.165) is 19.5 Å². The molecule has 1 aromatic carbocycles. The van der Waals surface area contributed by atoms with Crippen LogP contribution in [0.2, 0.25) is 0 Å². The van der Waals surface area contributed by atoms with Gasteiger partial charge >= 0.3 is 0 Å². The average Bonchev–Trinajstić information content (AvgIpc) is 2.18. The monoisotopic (exact) mass is 175 g/mol. The van der Waals surface area contributed by atoms with Crippen LogP contribution < -0.4 is 5.32 Å². The standard InChI is InChI=1S/C12H17N/c1-3-10-4-5-11-8-13-7-9(2)12(11)6-10/h4-6,9,13H,3,7-8H2,1-2H3/t9-/m1/s1. The number of hydrogen-bond acceptors (Lipinski definition) is 1. The molecule has 0 radical (unpaired) electrons. The molecule has 0 saturated carbocycles. The van der Waals surface area contributed by atoms with Crippen molar-refractivity contribution in [2.75, 3.05) is 6.54 Å². The third-order valence-corrected chi connectivity index (χ3v) is 2.92.